The van der Waals surface area contributed by atoms with Crippen LogP contribution in [0, 0.1) is 0 Å². The van der Waals surface area contributed by atoms with Crippen LogP contribution < -0.4 is 16.4 Å². The van der Waals surface area contributed by atoms with Gasteiger partial charge in [-0.2, -0.15) is 0 Å². The van der Waals surface area contributed by atoms with E-state index in [0.29, 0.717) is 56.7 Å². The first kappa shape index (κ1) is 47.0. The number of nitrogens with zero attached hydrogens (tertiary/aromatic N) is 5. The molecule has 66 heavy (non-hydrogen) atoms. The third-order valence-electron chi connectivity index (χ3n) is 12.4. The summed E-state index contributed by atoms with van der Waals surface area (Å²) in [5.74, 6) is -1.99. The fourth-order valence-electron chi connectivity index (χ4n) is 8.95. The molecule has 4 N–H and O–H groups in total. The molecule has 14 nitrogen and oxygen atoms in total. The molecule has 3 aliphatic rings. The lowest BCUT2D eigenvalue weighted by Gasteiger charge is -2.33. The average Bonchev–Trinajstić information content (AvgIpc) is 3.41. The number of fused-ring (bicyclic) bond motifs is 1. The summed E-state index contributed by atoms with van der Waals surface area (Å²) in [5, 5.41) is 5.40. The predicted molar refractivity (Wildman–Crippen MR) is 252 cm³/mol. The lowest BCUT2D eigenvalue weighted by Crippen LogP contribution is -2.57. The lowest BCUT2D eigenvalue weighted by atomic mass is 10.0. The Balaban J connectivity index is 0.000000206. The van der Waals surface area contributed by atoms with E-state index in [1.807, 2.05) is 109 Å². The number of benzene rings is 5. The second-order valence-corrected chi connectivity index (χ2v) is 16.8. The van der Waals surface area contributed by atoms with Crippen LogP contribution in [-0.4, -0.2) is 137 Å². The Morgan fingerprint density at radius 3 is 1.29 bits per heavy atom. The van der Waals surface area contributed by atoms with Crippen molar-refractivity contribution in [2.45, 2.75) is 50.1 Å². The number of likely N-dealkylation sites (N-methyl/N-ethyl adjacent to an activating group) is 2. The summed E-state index contributed by atoms with van der Waals surface area (Å²) < 4.78 is 0. The molecule has 0 spiro atoms. The van der Waals surface area contributed by atoms with Crippen LogP contribution >= 0.6 is 0 Å². The van der Waals surface area contributed by atoms with Crippen LogP contribution in [0.5, 0.6) is 0 Å². The number of imide groups is 1. The normalized spacial score (nSPS) is 18.9. The highest BCUT2D eigenvalue weighted by Gasteiger charge is 2.47. The van der Waals surface area contributed by atoms with Gasteiger partial charge in [0, 0.05) is 79.3 Å². The first-order valence-corrected chi connectivity index (χ1v) is 22.4. The highest BCUT2D eigenvalue weighted by atomic mass is 16.2. The lowest BCUT2D eigenvalue weighted by molar-refractivity contribution is -0.142. The van der Waals surface area contributed by atoms with Gasteiger partial charge >= 0.3 is 0 Å². The summed E-state index contributed by atoms with van der Waals surface area (Å²) >= 11 is 0. The number of carbonyl (C=O) groups excluding carboxylic acids is 6. The quantitative estimate of drug-likeness (QED) is 0.150. The van der Waals surface area contributed by atoms with Crippen LogP contribution in [-0.2, 0) is 45.1 Å². The Morgan fingerprint density at radius 1 is 0.515 bits per heavy atom. The molecule has 3 aliphatic heterocycles. The minimum atomic E-state index is -1.06. The molecule has 0 unspecified atom stereocenters. The highest BCUT2D eigenvalue weighted by molar-refractivity contribution is 6.23. The Morgan fingerprint density at radius 2 is 0.879 bits per heavy atom. The van der Waals surface area contributed by atoms with Crippen LogP contribution in [0.4, 0.5) is 0 Å². The summed E-state index contributed by atoms with van der Waals surface area (Å²) in [5.41, 5.74) is 11.0. The minimum Gasteiger partial charge on any atom is -0.357 e. The standard InChI is InChI=1S/C30H30N4O4.C22H28N4O2/c1-31-27(35)25(18-21-10-4-2-5-11-21)33-17-16-32(19-22-12-6-3-7-13-22)20-26(30(33)38)34-28(36)23-14-8-9-15-24(23)29(34)37;1-24-21(27)20(14-17-8-4-2-5-9-17)26-13-12-25(16-19(23)22(26)28)15-18-10-6-3-7-11-18/h2-15,25-26H,16-20H2,1H3,(H,31,35);2-11,19-20H,12-16,23H2,1H3,(H,24,27)/t25-,26-;19-,20-/m00/s1. The third-order valence-corrected chi connectivity index (χ3v) is 12.4. The fraction of sp³-hybridized carbons (Fsp3) is 0.308. The molecular weight excluding hydrogens is 833 g/mol. The van der Waals surface area contributed by atoms with Crippen LogP contribution in [0.3, 0.4) is 0 Å². The first-order chi connectivity index (χ1) is 32.1. The SMILES string of the molecule is CNC(=O)[C@H](Cc1ccccc1)N1CCN(Cc2ccccc2)C[C@H](N)C1=O.CNC(=O)[C@H](Cc1ccccc1)N1CCN(Cc2ccccc2)C[C@H](N2C(=O)c3ccccc3C2=O)C1=O. The number of nitrogens with one attached hydrogen (secondary N) is 2. The van der Waals surface area contributed by atoms with Crippen LogP contribution in [0.1, 0.15) is 43.0 Å². The van der Waals surface area contributed by atoms with E-state index in [-0.39, 0.29) is 30.8 Å². The maximum Gasteiger partial charge on any atom is 0.262 e. The zero-order valence-corrected chi connectivity index (χ0v) is 37.5. The zero-order valence-electron chi connectivity index (χ0n) is 37.5. The largest absolute Gasteiger partial charge is 0.357 e. The number of amides is 6. The van der Waals surface area contributed by atoms with E-state index in [1.165, 1.54) is 5.56 Å². The number of rotatable bonds is 13. The van der Waals surface area contributed by atoms with Gasteiger partial charge in [0.15, 0.2) is 0 Å². The smallest absolute Gasteiger partial charge is 0.262 e. The van der Waals surface area contributed by atoms with Crippen molar-refractivity contribution >= 4 is 35.4 Å². The Labute approximate surface area is 386 Å². The fourth-order valence-corrected chi connectivity index (χ4v) is 8.95. The van der Waals surface area contributed by atoms with Gasteiger partial charge in [-0.05, 0) is 34.4 Å². The van der Waals surface area contributed by atoms with E-state index >= 15 is 0 Å². The van der Waals surface area contributed by atoms with E-state index in [1.54, 1.807) is 48.2 Å². The van der Waals surface area contributed by atoms with Gasteiger partial charge in [0.25, 0.3) is 11.8 Å². The predicted octanol–water partition coefficient (Wildman–Crippen LogP) is 3.37. The topological polar surface area (TPSA) is 169 Å². The van der Waals surface area contributed by atoms with Gasteiger partial charge < -0.3 is 26.2 Å². The summed E-state index contributed by atoms with van der Waals surface area (Å²) in [7, 11) is 3.15. The monoisotopic (exact) mass is 890 g/mol. The second-order valence-electron chi connectivity index (χ2n) is 16.8. The molecule has 4 atom stereocenters. The van der Waals surface area contributed by atoms with E-state index in [0.717, 1.165) is 28.1 Å². The molecule has 14 heteroatoms. The molecule has 0 aliphatic carbocycles. The maximum atomic E-state index is 14.2. The summed E-state index contributed by atoms with van der Waals surface area (Å²) in [4.78, 5) is 88.3. The number of hydrogen-bond donors (Lipinski definition) is 3. The van der Waals surface area contributed by atoms with Crippen molar-refractivity contribution in [3.63, 3.8) is 0 Å². The Hall–Kier alpha value is -7.00. The first-order valence-electron chi connectivity index (χ1n) is 22.4. The molecule has 0 bridgehead atoms. The van der Waals surface area contributed by atoms with Gasteiger partial charge in [-0.25, -0.2) is 0 Å². The highest BCUT2D eigenvalue weighted by Crippen LogP contribution is 2.28. The second kappa shape index (κ2) is 22.3. The van der Waals surface area contributed by atoms with E-state index in [4.69, 9.17) is 5.73 Å². The molecule has 0 radical (unpaired) electrons. The van der Waals surface area contributed by atoms with E-state index < -0.39 is 41.9 Å². The Kier molecular flexibility index (Phi) is 15.8. The van der Waals surface area contributed by atoms with Crippen molar-refractivity contribution in [1.29, 1.82) is 0 Å². The van der Waals surface area contributed by atoms with Gasteiger partial charge in [0.1, 0.15) is 18.1 Å². The maximum absolute atomic E-state index is 14.2. The van der Waals surface area contributed by atoms with Gasteiger partial charge in [0.05, 0.1) is 17.2 Å². The van der Waals surface area contributed by atoms with Gasteiger partial charge in [-0.15, -0.1) is 0 Å². The van der Waals surface area contributed by atoms with Crippen LogP contribution in [0.25, 0.3) is 0 Å². The van der Waals surface area contributed by atoms with Gasteiger partial charge in [-0.3, -0.25) is 43.5 Å². The summed E-state index contributed by atoms with van der Waals surface area (Å²) in [6, 6.07) is 42.8. The van der Waals surface area contributed by atoms with Crippen LogP contribution in [0.2, 0.25) is 0 Å². The van der Waals surface area contributed by atoms with Crippen molar-refractivity contribution < 1.29 is 28.8 Å². The van der Waals surface area contributed by atoms with Gasteiger partial charge in [0.2, 0.25) is 23.6 Å². The van der Waals surface area contributed by atoms with E-state index in [2.05, 4.69) is 32.6 Å². The molecule has 342 valence electrons. The molecule has 5 aromatic carbocycles. The zero-order chi connectivity index (χ0) is 46.6. The van der Waals surface area contributed by atoms with Crippen LogP contribution in [0.15, 0.2) is 146 Å². The van der Waals surface area contributed by atoms with E-state index in [9.17, 15) is 28.8 Å². The Bertz CT molecular complexity index is 2420. The molecular formula is C52H58N8O6. The molecule has 0 saturated carbocycles. The third kappa shape index (κ3) is 11.3. The van der Waals surface area contributed by atoms with Crippen molar-refractivity contribution in [3.05, 3.63) is 179 Å². The number of carbonyl (C=O) groups is 6. The molecule has 5 aromatic rings. The van der Waals surface area contributed by atoms with Crippen molar-refractivity contribution in [1.82, 2.24) is 35.1 Å². The number of hydrogen-bond acceptors (Lipinski definition) is 9. The molecule has 2 saturated heterocycles. The minimum absolute atomic E-state index is 0.166. The number of nitrogens with two attached hydrogens (primary N) is 1. The van der Waals surface area contributed by atoms with Crippen molar-refractivity contribution in [3.8, 4) is 0 Å². The molecule has 3 heterocycles. The molecule has 6 amide bonds. The summed E-state index contributed by atoms with van der Waals surface area (Å²) in [6.07, 6.45) is 0.789. The molecule has 2 fully saturated rings. The molecule has 8 rings (SSSR count). The molecule has 0 aromatic heterocycles. The average molecular weight is 891 g/mol. The van der Waals surface area contributed by atoms with Crippen molar-refractivity contribution in [2.75, 3.05) is 53.4 Å². The van der Waals surface area contributed by atoms with Crippen molar-refractivity contribution in [2.24, 2.45) is 5.73 Å². The summed E-state index contributed by atoms with van der Waals surface area (Å²) in [6.45, 7) is 3.88. The van der Waals surface area contributed by atoms with Gasteiger partial charge in [-0.1, -0.05) is 133 Å².